The first-order valence-corrected chi connectivity index (χ1v) is 8.13. The van der Waals surface area contributed by atoms with E-state index in [1.807, 2.05) is 31.2 Å². The zero-order valence-electron chi connectivity index (χ0n) is 11.5. The maximum Gasteiger partial charge on any atom is 0.182 e. The van der Waals surface area contributed by atoms with E-state index >= 15 is 0 Å². The third kappa shape index (κ3) is 3.26. The van der Waals surface area contributed by atoms with Crippen LogP contribution in [0.15, 0.2) is 59.5 Å². The van der Waals surface area contributed by atoms with Crippen molar-refractivity contribution in [1.29, 1.82) is 0 Å². The summed E-state index contributed by atoms with van der Waals surface area (Å²) in [6.45, 7) is 2.12. The minimum atomic E-state index is -3.38. The van der Waals surface area contributed by atoms with E-state index in [4.69, 9.17) is 5.73 Å². The molecule has 4 heteroatoms. The van der Waals surface area contributed by atoms with Crippen LogP contribution in [0.1, 0.15) is 11.1 Å². The molecule has 0 saturated carbocycles. The number of rotatable bonds is 5. The Kier molecular flexibility index (Phi) is 4.57. The van der Waals surface area contributed by atoms with Gasteiger partial charge in [-0.1, -0.05) is 48.0 Å². The maximum absolute atomic E-state index is 12.6. The van der Waals surface area contributed by atoms with Crippen LogP contribution in [0, 0.1) is 6.92 Å². The summed E-state index contributed by atoms with van der Waals surface area (Å²) in [4.78, 5) is 0.336. The molecule has 0 fully saturated rings. The molecular formula is C16H19NO2S. The predicted molar refractivity (Wildman–Crippen MR) is 81.4 cm³/mol. The molecule has 0 bridgehead atoms. The smallest absolute Gasteiger partial charge is 0.182 e. The van der Waals surface area contributed by atoms with E-state index in [2.05, 4.69) is 0 Å². The van der Waals surface area contributed by atoms with Gasteiger partial charge in [0.05, 0.1) is 10.1 Å². The lowest BCUT2D eigenvalue weighted by Crippen LogP contribution is -2.31. The van der Waals surface area contributed by atoms with Gasteiger partial charge in [0.25, 0.3) is 0 Å². The van der Waals surface area contributed by atoms with Gasteiger partial charge >= 0.3 is 0 Å². The number of sulfone groups is 1. The summed E-state index contributed by atoms with van der Waals surface area (Å²) in [5.41, 5.74) is 7.84. The molecule has 0 heterocycles. The molecule has 1 atom stereocenters. The molecular weight excluding hydrogens is 270 g/mol. The zero-order chi connectivity index (χ0) is 14.6. The van der Waals surface area contributed by atoms with Crippen LogP contribution >= 0.6 is 0 Å². The molecule has 2 rings (SSSR count). The van der Waals surface area contributed by atoms with Crippen molar-refractivity contribution in [3.8, 4) is 0 Å². The van der Waals surface area contributed by atoms with Crippen LogP contribution in [-0.2, 0) is 16.3 Å². The lowest BCUT2D eigenvalue weighted by atomic mass is 10.1. The Balaban J connectivity index is 2.26. The summed E-state index contributed by atoms with van der Waals surface area (Å²) in [6, 6.07) is 16.4. The zero-order valence-corrected chi connectivity index (χ0v) is 12.3. The van der Waals surface area contributed by atoms with Crippen LogP contribution < -0.4 is 5.73 Å². The highest BCUT2D eigenvalue weighted by Crippen LogP contribution is 2.19. The second-order valence-corrected chi connectivity index (χ2v) is 7.13. The molecule has 0 aliphatic carbocycles. The number of nitrogens with two attached hydrogens (primary N) is 1. The van der Waals surface area contributed by atoms with Crippen molar-refractivity contribution in [2.24, 2.45) is 5.73 Å². The molecule has 106 valence electrons. The van der Waals surface area contributed by atoms with Crippen molar-refractivity contribution in [2.45, 2.75) is 23.5 Å². The van der Waals surface area contributed by atoms with Gasteiger partial charge < -0.3 is 5.73 Å². The minimum Gasteiger partial charge on any atom is -0.329 e. The minimum absolute atomic E-state index is 0.116. The van der Waals surface area contributed by atoms with Crippen LogP contribution in [0.3, 0.4) is 0 Å². The summed E-state index contributed by atoms with van der Waals surface area (Å²) < 4.78 is 25.1. The average Bonchev–Trinajstić information content (AvgIpc) is 2.47. The molecule has 0 aliphatic rings. The summed E-state index contributed by atoms with van der Waals surface area (Å²) in [5.74, 6) is 0. The quantitative estimate of drug-likeness (QED) is 0.919. The molecule has 0 amide bonds. The fraction of sp³-hybridized carbons (Fsp3) is 0.250. The van der Waals surface area contributed by atoms with E-state index in [0.29, 0.717) is 11.3 Å². The van der Waals surface area contributed by atoms with E-state index in [0.717, 1.165) is 11.1 Å². The Labute approximate surface area is 120 Å². The van der Waals surface area contributed by atoms with Gasteiger partial charge in [-0.05, 0) is 31.0 Å². The third-order valence-corrected chi connectivity index (χ3v) is 5.52. The van der Waals surface area contributed by atoms with Crippen LogP contribution in [0.4, 0.5) is 0 Å². The highest BCUT2D eigenvalue weighted by atomic mass is 32.2. The normalized spacial score (nSPS) is 13.1. The lowest BCUT2D eigenvalue weighted by molar-refractivity contribution is 0.578. The van der Waals surface area contributed by atoms with Crippen LogP contribution in [0.5, 0.6) is 0 Å². The van der Waals surface area contributed by atoms with Gasteiger partial charge in [-0.25, -0.2) is 8.42 Å². The van der Waals surface area contributed by atoms with Gasteiger partial charge in [0.1, 0.15) is 0 Å². The number of aryl methyl sites for hydroxylation is 1. The number of hydrogen-bond acceptors (Lipinski definition) is 3. The Bertz CT molecular complexity index is 649. The van der Waals surface area contributed by atoms with Gasteiger partial charge in [0.15, 0.2) is 9.84 Å². The molecule has 3 nitrogen and oxygen atoms in total. The van der Waals surface area contributed by atoms with Crippen molar-refractivity contribution in [3.05, 3.63) is 65.7 Å². The maximum atomic E-state index is 12.6. The van der Waals surface area contributed by atoms with Gasteiger partial charge in [-0.3, -0.25) is 0 Å². The van der Waals surface area contributed by atoms with Gasteiger partial charge in [0, 0.05) is 6.54 Å². The standard InChI is InChI=1S/C16H19NO2S/c1-13-7-9-14(10-8-13)11-16(12-17)20(18,19)15-5-3-2-4-6-15/h2-10,16H,11-12,17H2,1H3. The molecule has 2 aromatic carbocycles. The van der Waals surface area contributed by atoms with E-state index in [-0.39, 0.29) is 6.54 Å². The Morgan fingerprint density at radius 3 is 2.15 bits per heavy atom. The first kappa shape index (κ1) is 14.8. The van der Waals surface area contributed by atoms with Crippen molar-refractivity contribution in [1.82, 2.24) is 0 Å². The van der Waals surface area contributed by atoms with E-state index in [1.165, 1.54) is 0 Å². The summed E-state index contributed by atoms with van der Waals surface area (Å²) in [7, 11) is -3.38. The molecule has 20 heavy (non-hydrogen) atoms. The molecule has 2 N–H and O–H groups in total. The number of benzene rings is 2. The largest absolute Gasteiger partial charge is 0.329 e. The first-order chi connectivity index (χ1) is 9.54. The van der Waals surface area contributed by atoms with Gasteiger partial charge in [-0.2, -0.15) is 0 Å². The first-order valence-electron chi connectivity index (χ1n) is 6.58. The molecule has 0 aromatic heterocycles. The molecule has 1 unspecified atom stereocenters. The fourth-order valence-electron chi connectivity index (χ4n) is 2.11. The van der Waals surface area contributed by atoms with Gasteiger partial charge in [-0.15, -0.1) is 0 Å². The lowest BCUT2D eigenvalue weighted by Gasteiger charge is -2.16. The summed E-state index contributed by atoms with van der Waals surface area (Å²) in [5, 5.41) is -0.590. The van der Waals surface area contributed by atoms with E-state index in [1.54, 1.807) is 30.3 Å². The fourth-order valence-corrected chi connectivity index (χ4v) is 3.70. The number of hydrogen-bond donors (Lipinski definition) is 1. The molecule has 0 spiro atoms. The van der Waals surface area contributed by atoms with Gasteiger partial charge in [0.2, 0.25) is 0 Å². The summed E-state index contributed by atoms with van der Waals surface area (Å²) >= 11 is 0. The van der Waals surface area contributed by atoms with Crippen molar-refractivity contribution >= 4 is 9.84 Å². The second kappa shape index (κ2) is 6.20. The van der Waals surface area contributed by atoms with Crippen LogP contribution in [0.2, 0.25) is 0 Å². The molecule has 0 saturated heterocycles. The highest BCUT2D eigenvalue weighted by Gasteiger charge is 2.26. The Morgan fingerprint density at radius 2 is 1.60 bits per heavy atom. The SMILES string of the molecule is Cc1ccc(CC(CN)S(=O)(=O)c2ccccc2)cc1. The van der Waals surface area contributed by atoms with Crippen molar-refractivity contribution in [2.75, 3.05) is 6.54 Å². The third-order valence-electron chi connectivity index (χ3n) is 3.36. The van der Waals surface area contributed by atoms with Crippen molar-refractivity contribution < 1.29 is 8.42 Å². The predicted octanol–water partition coefficient (Wildman–Crippen LogP) is 2.34. The van der Waals surface area contributed by atoms with Crippen molar-refractivity contribution in [3.63, 3.8) is 0 Å². The Hall–Kier alpha value is -1.65. The van der Waals surface area contributed by atoms with E-state index in [9.17, 15) is 8.42 Å². The topological polar surface area (TPSA) is 60.2 Å². The molecule has 2 aromatic rings. The van der Waals surface area contributed by atoms with Crippen LogP contribution in [-0.4, -0.2) is 20.2 Å². The highest BCUT2D eigenvalue weighted by molar-refractivity contribution is 7.92. The van der Waals surface area contributed by atoms with Crippen LogP contribution in [0.25, 0.3) is 0 Å². The summed E-state index contributed by atoms with van der Waals surface area (Å²) in [6.07, 6.45) is 0.438. The van der Waals surface area contributed by atoms with E-state index < -0.39 is 15.1 Å². The Morgan fingerprint density at radius 1 is 1.00 bits per heavy atom. The average molecular weight is 289 g/mol. The monoisotopic (exact) mass is 289 g/mol. The second-order valence-electron chi connectivity index (χ2n) is 4.91. The molecule has 0 radical (unpaired) electrons. The molecule has 0 aliphatic heterocycles.